The van der Waals surface area contributed by atoms with E-state index in [4.69, 9.17) is 4.74 Å². The number of aromatic nitrogens is 3. The van der Waals surface area contributed by atoms with E-state index in [0.29, 0.717) is 6.42 Å². The molecule has 156 valence electrons. The summed E-state index contributed by atoms with van der Waals surface area (Å²) in [6, 6.07) is 11.0. The highest BCUT2D eigenvalue weighted by atomic mass is 16.5. The number of carbonyl (C=O) groups excluding carboxylic acids is 1. The maximum atomic E-state index is 11.4. The molecule has 1 fully saturated rings. The van der Waals surface area contributed by atoms with Crippen LogP contribution in [0.1, 0.15) is 49.4 Å². The van der Waals surface area contributed by atoms with Crippen LogP contribution in [0.4, 0.5) is 5.82 Å². The van der Waals surface area contributed by atoms with Crippen molar-refractivity contribution in [2.45, 2.75) is 50.8 Å². The molecule has 0 saturated heterocycles. The van der Waals surface area contributed by atoms with Gasteiger partial charge in [-0.25, -0.2) is 9.97 Å². The maximum Gasteiger partial charge on any atom is 0.302 e. The first-order valence-electron chi connectivity index (χ1n) is 10.6. The van der Waals surface area contributed by atoms with Crippen LogP contribution < -0.4 is 5.32 Å². The molecule has 0 bridgehead atoms. The topological polar surface area (TPSA) is 89.3 Å². The second-order valence-electron chi connectivity index (χ2n) is 8.33. The van der Waals surface area contributed by atoms with Gasteiger partial charge in [-0.3, -0.25) is 4.79 Å². The van der Waals surface area contributed by atoms with Gasteiger partial charge in [-0.15, -0.1) is 0 Å². The van der Waals surface area contributed by atoms with Crippen molar-refractivity contribution < 1.29 is 14.6 Å². The Morgan fingerprint density at radius 1 is 1.27 bits per heavy atom. The number of ether oxygens (including phenoxy) is 1. The van der Waals surface area contributed by atoms with E-state index in [1.807, 2.05) is 12.3 Å². The van der Waals surface area contributed by atoms with Crippen molar-refractivity contribution >= 4 is 22.8 Å². The Balaban J connectivity index is 1.41. The highest BCUT2D eigenvalue weighted by Crippen LogP contribution is 2.40. The average Bonchev–Trinajstić information content (AvgIpc) is 3.45. The summed E-state index contributed by atoms with van der Waals surface area (Å²) in [5, 5.41) is 14.3. The van der Waals surface area contributed by atoms with Crippen molar-refractivity contribution in [2.75, 3.05) is 11.9 Å². The van der Waals surface area contributed by atoms with E-state index in [1.54, 1.807) is 6.33 Å². The Bertz CT molecular complexity index is 1080. The van der Waals surface area contributed by atoms with Crippen molar-refractivity contribution in [2.24, 2.45) is 5.92 Å². The van der Waals surface area contributed by atoms with Gasteiger partial charge in [0.1, 0.15) is 23.9 Å². The van der Waals surface area contributed by atoms with E-state index in [2.05, 4.69) is 44.1 Å². The molecule has 4 atom stereocenters. The molecule has 2 aliphatic carbocycles. The Morgan fingerprint density at radius 2 is 2.13 bits per heavy atom. The summed E-state index contributed by atoms with van der Waals surface area (Å²) < 4.78 is 7.58. The Morgan fingerprint density at radius 3 is 2.97 bits per heavy atom. The van der Waals surface area contributed by atoms with E-state index >= 15 is 0 Å². The number of nitrogens with one attached hydrogen (secondary N) is 1. The lowest BCUT2D eigenvalue weighted by Crippen LogP contribution is -2.23. The third-order valence-corrected chi connectivity index (χ3v) is 6.50. The lowest BCUT2D eigenvalue weighted by molar-refractivity contribution is -0.148. The van der Waals surface area contributed by atoms with Crippen LogP contribution in [0.5, 0.6) is 0 Å². The van der Waals surface area contributed by atoms with Crippen molar-refractivity contribution in [3.8, 4) is 0 Å². The molecule has 3 unspecified atom stereocenters. The predicted octanol–water partition coefficient (Wildman–Crippen LogP) is 3.41. The number of hydrogen-bond donors (Lipinski definition) is 2. The fraction of sp³-hybridized carbons (Fsp3) is 0.435. The lowest BCUT2D eigenvalue weighted by atomic mass is 10.1. The molecule has 7 nitrogen and oxygen atoms in total. The van der Waals surface area contributed by atoms with Crippen molar-refractivity contribution in [1.29, 1.82) is 0 Å². The summed E-state index contributed by atoms with van der Waals surface area (Å²) in [7, 11) is 0. The van der Waals surface area contributed by atoms with Crippen LogP contribution in [0.2, 0.25) is 0 Å². The summed E-state index contributed by atoms with van der Waals surface area (Å²) >= 11 is 0. The average molecular weight is 406 g/mol. The molecule has 2 aromatic heterocycles. The Kier molecular flexibility index (Phi) is 4.90. The molecule has 0 spiro atoms. The number of aryl methyl sites for hydroxylation is 1. The number of esters is 1. The number of aliphatic hydroxyl groups excluding tert-OH is 1. The van der Waals surface area contributed by atoms with Crippen molar-refractivity contribution in [3.63, 3.8) is 0 Å². The minimum absolute atomic E-state index is 0.0104. The third-order valence-electron chi connectivity index (χ3n) is 6.50. The molecule has 3 aromatic rings. The standard InChI is InChI=1S/C23H26N4O3/c1-14(29)30-21-11-17(10-16(21)12-28)27-9-8-19-22(24-13-25-23(19)27)26-20-7-6-15-4-2-3-5-18(15)20/h2-5,8-9,13,16-17,20-21,28H,6-7,10-12H2,1H3,(H,24,25,26)/t16?,17?,20-,21?/m0/s1. The Hall–Kier alpha value is -2.93. The maximum absolute atomic E-state index is 11.4. The van der Waals surface area contributed by atoms with Gasteiger partial charge < -0.3 is 19.7 Å². The summed E-state index contributed by atoms with van der Waals surface area (Å²) in [5.41, 5.74) is 3.61. The van der Waals surface area contributed by atoms with E-state index in [-0.39, 0.29) is 36.7 Å². The number of hydrogen-bond acceptors (Lipinski definition) is 6. The number of aliphatic hydroxyl groups is 1. The molecule has 5 rings (SSSR count). The minimum atomic E-state index is -0.304. The predicted molar refractivity (Wildman–Crippen MR) is 113 cm³/mol. The van der Waals surface area contributed by atoms with Crippen LogP contribution in [-0.4, -0.2) is 38.3 Å². The van der Waals surface area contributed by atoms with Crippen LogP contribution in [0.3, 0.4) is 0 Å². The number of benzene rings is 1. The van der Waals surface area contributed by atoms with Crippen molar-refractivity contribution in [1.82, 2.24) is 14.5 Å². The summed E-state index contributed by atoms with van der Waals surface area (Å²) in [4.78, 5) is 20.5. The fourth-order valence-corrected chi connectivity index (χ4v) is 5.09. The monoisotopic (exact) mass is 406 g/mol. The number of carbonyl (C=O) groups is 1. The first-order valence-corrected chi connectivity index (χ1v) is 10.6. The second-order valence-corrected chi connectivity index (χ2v) is 8.33. The van der Waals surface area contributed by atoms with Crippen LogP contribution in [0.15, 0.2) is 42.9 Å². The minimum Gasteiger partial charge on any atom is -0.462 e. The highest BCUT2D eigenvalue weighted by Gasteiger charge is 2.37. The number of anilines is 1. The van der Waals surface area contributed by atoms with Gasteiger partial charge in [-0.2, -0.15) is 0 Å². The van der Waals surface area contributed by atoms with E-state index in [9.17, 15) is 9.90 Å². The van der Waals surface area contributed by atoms with E-state index in [0.717, 1.165) is 36.1 Å². The van der Waals surface area contributed by atoms with E-state index < -0.39 is 0 Å². The first kappa shape index (κ1) is 19.1. The number of rotatable bonds is 5. The van der Waals surface area contributed by atoms with Crippen LogP contribution >= 0.6 is 0 Å². The van der Waals surface area contributed by atoms with Crippen molar-refractivity contribution in [3.05, 3.63) is 54.0 Å². The summed E-state index contributed by atoms with van der Waals surface area (Å²) in [6.45, 7) is 1.43. The molecule has 2 N–H and O–H groups in total. The second kappa shape index (κ2) is 7.72. The molecule has 0 aliphatic heterocycles. The van der Waals surface area contributed by atoms with Gasteiger partial charge in [0, 0.05) is 38.1 Å². The zero-order valence-corrected chi connectivity index (χ0v) is 17.0. The summed E-state index contributed by atoms with van der Waals surface area (Å²) in [5.74, 6) is 0.488. The van der Waals surface area contributed by atoms with Gasteiger partial charge in [0.2, 0.25) is 0 Å². The van der Waals surface area contributed by atoms with Gasteiger partial charge in [0.15, 0.2) is 0 Å². The smallest absolute Gasteiger partial charge is 0.302 e. The van der Waals surface area contributed by atoms with Crippen LogP contribution in [-0.2, 0) is 16.0 Å². The lowest BCUT2D eigenvalue weighted by Gasteiger charge is -2.17. The molecule has 30 heavy (non-hydrogen) atoms. The largest absolute Gasteiger partial charge is 0.462 e. The first-order chi connectivity index (χ1) is 14.6. The fourth-order valence-electron chi connectivity index (χ4n) is 5.09. The molecular weight excluding hydrogens is 380 g/mol. The van der Waals surface area contributed by atoms with Gasteiger partial charge in [0.25, 0.3) is 0 Å². The molecule has 7 heteroatoms. The number of nitrogens with zero attached hydrogens (tertiary/aromatic N) is 3. The zero-order chi connectivity index (χ0) is 20.7. The van der Waals surface area contributed by atoms with Crippen LogP contribution in [0.25, 0.3) is 11.0 Å². The normalized spacial score (nSPS) is 25.4. The quantitative estimate of drug-likeness (QED) is 0.631. The summed E-state index contributed by atoms with van der Waals surface area (Å²) in [6.07, 6.45) is 6.93. The Labute approximate surface area is 175 Å². The number of fused-ring (bicyclic) bond motifs is 2. The van der Waals surface area contributed by atoms with Gasteiger partial charge in [-0.1, -0.05) is 24.3 Å². The molecule has 0 amide bonds. The zero-order valence-electron chi connectivity index (χ0n) is 17.0. The highest BCUT2D eigenvalue weighted by molar-refractivity contribution is 5.87. The van der Waals surface area contributed by atoms with Crippen LogP contribution in [0, 0.1) is 5.92 Å². The molecule has 2 heterocycles. The molecule has 0 radical (unpaired) electrons. The van der Waals surface area contributed by atoms with Gasteiger partial charge >= 0.3 is 5.97 Å². The molecular formula is C23H26N4O3. The third kappa shape index (κ3) is 3.33. The van der Waals surface area contributed by atoms with Gasteiger partial charge in [-0.05, 0) is 36.5 Å². The van der Waals surface area contributed by atoms with E-state index in [1.165, 1.54) is 18.1 Å². The molecule has 1 saturated carbocycles. The molecule has 1 aromatic carbocycles. The SMILES string of the molecule is CC(=O)OC1CC(n2ccc3c(N[C@H]4CCc5ccccc54)ncnc32)CC1CO. The molecule has 2 aliphatic rings. The van der Waals surface area contributed by atoms with Gasteiger partial charge in [0.05, 0.1) is 11.4 Å².